The number of aryl methyl sites for hydroxylation is 1. The van der Waals surface area contributed by atoms with E-state index in [4.69, 9.17) is 21.1 Å². The van der Waals surface area contributed by atoms with Crippen molar-refractivity contribution in [1.82, 2.24) is 9.78 Å². The van der Waals surface area contributed by atoms with Gasteiger partial charge < -0.3 is 14.8 Å². The monoisotopic (exact) mass is 444 g/mol. The lowest BCUT2D eigenvalue weighted by Crippen LogP contribution is -2.35. The number of rotatable bonds is 5. The second-order valence-corrected chi connectivity index (χ2v) is 7.55. The molecule has 0 saturated heterocycles. The Kier molecular flexibility index (Phi) is 6.11. The summed E-state index contributed by atoms with van der Waals surface area (Å²) in [5, 5.41) is 7.34. The van der Waals surface area contributed by atoms with Crippen molar-refractivity contribution in [2.24, 2.45) is 7.05 Å². The summed E-state index contributed by atoms with van der Waals surface area (Å²) in [6.07, 6.45) is 0.779. The third kappa shape index (κ3) is 4.50. The Hall–Kier alpha value is -3.10. The van der Waals surface area contributed by atoms with Crippen molar-refractivity contribution >= 4 is 29.0 Å². The summed E-state index contributed by atoms with van der Waals surface area (Å²) in [5.41, 5.74) is 3.93. The summed E-state index contributed by atoms with van der Waals surface area (Å²) < 4.78 is 26.2. The number of carbonyl (C=O) groups is 1. The van der Waals surface area contributed by atoms with Crippen molar-refractivity contribution < 1.29 is 18.7 Å². The topological polar surface area (TPSA) is 68.6 Å². The van der Waals surface area contributed by atoms with Crippen LogP contribution >= 0.6 is 11.6 Å². The summed E-state index contributed by atoms with van der Waals surface area (Å²) in [6, 6.07) is 10.8. The Morgan fingerprint density at radius 3 is 2.81 bits per heavy atom. The molecule has 2 amide bonds. The largest absolute Gasteiger partial charge is 0.497 e. The van der Waals surface area contributed by atoms with Crippen LogP contribution in [0.4, 0.5) is 20.6 Å². The predicted molar refractivity (Wildman–Crippen MR) is 116 cm³/mol. The zero-order valence-corrected chi connectivity index (χ0v) is 17.9. The summed E-state index contributed by atoms with van der Waals surface area (Å²) in [5.74, 6) is 0.129. The molecule has 2 heterocycles. The molecule has 162 valence electrons. The number of aromatic nitrogens is 2. The molecule has 7 nitrogen and oxygen atoms in total. The fourth-order valence-electron chi connectivity index (χ4n) is 3.57. The minimum atomic E-state index is -0.549. The number of anilines is 2. The van der Waals surface area contributed by atoms with E-state index in [1.54, 1.807) is 36.3 Å². The first kappa shape index (κ1) is 21.1. The molecule has 4 rings (SSSR count). The van der Waals surface area contributed by atoms with Gasteiger partial charge in [0.1, 0.15) is 11.6 Å². The third-order valence-electron chi connectivity index (χ3n) is 5.20. The van der Waals surface area contributed by atoms with E-state index < -0.39 is 11.8 Å². The average molecular weight is 445 g/mol. The van der Waals surface area contributed by atoms with E-state index in [9.17, 15) is 9.18 Å². The van der Waals surface area contributed by atoms with Crippen molar-refractivity contribution in [3.63, 3.8) is 0 Å². The fourth-order valence-corrected chi connectivity index (χ4v) is 3.75. The molecular weight excluding hydrogens is 423 g/mol. The first-order valence-electron chi connectivity index (χ1n) is 9.75. The number of hydrogen-bond acceptors (Lipinski definition) is 4. The molecule has 0 saturated carbocycles. The van der Waals surface area contributed by atoms with Crippen molar-refractivity contribution in [3.05, 3.63) is 70.3 Å². The Bertz CT molecular complexity index is 1100. The molecule has 0 radical (unpaired) electrons. The zero-order chi connectivity index (χ0) is 22.0. The van der Waals surface area contributed by atoms with E-state index >= 15 is 0 Å². The lowest BCUT2D eigenvalue weighted by atomic mass is 10.1. The van der Waals surface area contributed by atoms with E-state index in [0.29, 0.717) is 30.3 Å². The number of amides is 2. The molecule has 1 aromatic heterocycles. The highest BCUT2D eigenvalue weighted by molar-refractivity contribution is 6.31. The second kappa shape index (κ2) is 8.95. The van der Waals surface area contributed by atoms with Crippen LogP contribution in [0.15, 0.2) is 42.5 Å². The molecule has 1 N–H and O–H groups in total. The minimum Gasteiger partial charge on any atom is -0.497 e. The number of carbonyl (C=O) groups excluding carboxylic acids is 1. The molecule has 0 spiro atoms. The molecule has 1 aliphatic heterocycles. The molecule has 1 aliphatic rings. The van der Waals surface area contributed by atoms with Crippen molar-refractivity contribution in [2.45, 2.75) is 19.6 Å². The van der Waals surface area contributed by atoms with Gasteiger partial charge in [0.15, 0.2) is 0 Å². The molecule has 0 bridgehead atoms. The van der Waals surface area contributed by atoms with Gasteiger partial charge in [-0.1, -0.05) is 11.6 Å². The lowest BCUT2D eigenvalue weighted by Gasteiger charge is -2.24. The van der Waals surface area contributed by atoms with Gasteiger partial charge in [0.25, 0.3) is 0 Å². The van der Waals surface area contributed by atoms with Crippen LogP contribution in [0.2, 0.25) is 5.02 Å². The number of fused-ring (bicyclic) bond motifs is 1. The number of benzene rings is 2. The zero-order valence-electron chi connectivity index (χ0n) is 17.2. The van der Waals surface area contributed by atoms with Crippen molar-refractivity contribution in [1.29, 1.82) is 0 Å². The number of ether oxygens (including phenoxy) is 2. The van der Waals surface area contributed by atoms with Crippen LogP contribution in [0.25, 0.3) is 0 Å². The first-order chi connectivity index (χ1) is 15.0. The van der Waals surface area contributed by atoms with E-state index in [0.717, 1.165) is 23.4 Å². The summed E-state index contributed by atoms with van der Waals surface area (Å²) in [4.78, 5) is 14.8. The number of hydrogen-bond donors (Lipinski definition) is 1. The molecule has 2 aromatic carbocycles. The van der Waals surface area contributed by atoms with Gasteiger partial charge in [-0.05, 0) is 42.5 Å². The van der Waals surface area contributed by atoms with Gasteiger partial charge >= 0.3 is 6.03 Å². The van der Waals surface area contributed by atoms with Crippen LogP contribution in [0.3, 0.4) is 0 Å². The first-order valence-corrected chi connectivity index (χ1v) is 10.1. The minimum absolute atomic E-state index is 0.0651. The maximum absolute atomic E-state index is 13.5. The number of halogens is 2. The van der Waals surface area contributed by atoms with Crippen molar-refractivity contribution in [3.8, 4) is 5.75 Å². The number of urea groups is 1. The predicted octanol–water partition coefficient (Wildman–Crippen LogP) is 4.53. The van der Waals surface area contributed by atoms with Crippen LogP contribution in [0, 0.1) is 5.82 Å². The highest BCUT2D eigenvalue weighted by Gasteiger charge is 2.24. The van der Waals surface area contributed by atoms with Gasteiger partial charge in [-0.15, -0.1) is 0 Å². The third-order valence-corrected chi connectivity index (χ3v) is 5.49. The van der Waals surface area contributed by atoms with E-state index in [1.165, 1.54) is 18.2 Å². The number of methoxy groups -OCH3 is 1. The smallest absolute Gasteiger partial charge is 0.326 e. The second-order valence-electron chi connectivity index (χ2n) is 7.14. The van der Waals surface area contributed by atoms with Crippen LogP contribution in [0.1, 0.15) is 17.0 Å². The fraction of sp³-hybridized carbons (Fsp3) is 0.273. The molecule has 31 heavy (non-hydrogen) atoms. The van der Waals surface area contributed by atoms with Gasteiger partial charge in [0.2, 0.25) is 0 Å². The molecular formula is C22H22ClFN4O3. The maximum atomic E-state index is 13.5. The molecule has 9 heteroatoms. The van der Waals surface area contributed by atoms with Crippen LogP contribution < -0.4 is 15.0 Å². The van der Waals surface area contributed by atoms with Crippen molar-refractivity contribution in [2.75, 3.05) is 23.9 Å². The Balaban J connectivity index is 1.65. The molecule has 0 atom stereocenters. The Labute approximate surface area is 184 Å². The highest BCUT2D eigenvalue weighted by Crippen LogP contribution is 2.27. The quantitative estimate of drug-likeness (QED) is 0.627. The molecule has 0 aliphatic carbocycles. The maximum Gasteiger partial charge on any atom is 0.326 e. The average Bonchev–Trinajstić information content (AvgIpc) is 3.10. The Morgan fingerprint density at radius 1 is 1.32 bits per heavy atom. The number of nitrogens with zero attached hydrogens (tertiary/aromatic N) is 3. The molecule has 0 fully saturated rings. The molecule has 3 aromatic rings. The highest BCUT2D eigenvalue weighted by atomic mass is 35.5. The summed E-state index contributed by atoms with van der Waals surface area (Å²) in [6.45, 7) is 1.35. The van der Waals surface area contributed by atoms with E-state index in [1.807, 2.05) is 11.7 Å². The summed E-state index contributed by atoms with van der Waals surface area (Å²) in [7, 11) is 3.48. The van der Waals surface area contributed by atoms with Gasteiger partial charge in [-0.2, -0.15) is 5.10 Å². The number of nitrogens with one attached hydrogen (secondary N) is 1. The van der Waals surface area contributed by atoms with Gasteiger partial charge in [-0.25, -0.2) is 9.18 Å². The van der Waals surface area contributed by atoms with Crippen LogP contribution in [0.5, 0.6) is 5.75 Å². The van der Waals surface area contributed by atoms with Gasteiger partial charge in [-0.3, -0.25) is 9.58 Å². The standard InChI is InChI=1S/C22H22ClFN4O3/c1-27-21-9-10-31-13-17(21)20(26-27)12-28(15-4-6-16(30-2)7-5-15)22(29)25-14-3-8-19(24)18(23)11-14/h3-8,11H,9-10,12-13H2,1-2H3,(H,25,29). The molecule has 0 unspecified atom stereocenters. The van der Waals surface area contributed by atoms with Crippen LogP contribution in [-0.4, -0.2) is 29.5 Å². The van der Waals surface area contributed by atoms with E-state index in [-0.39, 0.29) is 11.6 Å². The SMILES string of the molecule is COc1ccc(N(Cc2nn(C)c3c2COCC3)C(=O)Nc2ccc(F)c(Cl)c2)cc1. The van der Waals surface area contributed by atoms with Crippen LogP contribution in [-0.2, 0) is 31.4 Å². The Morgan fingerprint density at radius 2 is 2.10 bits per heavy atom. The van der Waals surface area contributed by atoms with Gasteiger partial charge in [0, 0.05) is 36.1 Å². The lowest BCUT2D eigenvalue weighted by molar-refractivity contribution is 0.108. The van der Waals surface area contributed by atoms with Gasteiger partial charge in [0.05, 0.1) is 37.6 Å². The van der Waals surface area contributed by atoms with E-state index in [2.05, 4.69) is 10.4 Å². The normalized spacial score (nSPS) is 12.9. The summed E-state index contributed by atoms with van der Waals surface area (Å²) >= 11 is 5.86.